The minimum Gasteiger partial charge on any atom is -0.354 e. The van der Waals surface area contributed by atoms with Crippen molar-refractivity contribution < 1.29 is 0 Å². The van der Waals surface area contributed by atoms with Gasteiger partial charge in [0.1, 0.15) is 5.82 Å². The second-order valence-electron chi connectivity index (χ2n) is 3.31. The van der Waals surface area contributed by atoms with Crippen LogP contribution in [0.15, 0.2) is 0 Å². The van der Waals surface area contributed by atoms with Gasteiger partial charge in [0, 0.05) is 19.6 Å². The van der Waals surface area contributed by atoms with E-state index in [1.807, 2.05) is 6.92 Å². The number of nitrogens with one attached hydrogen (secondary N) is 2. The molecule has 16 heavy (non-hydrogen) atoms. The van der Waals surface area contributed by atoms with Gasteiger partial charge in [-0.15, -0.1) is 0 Å². The average molecular weight is 225 g/mol. The van der Waals surface area contributed by atoms with E-state index in [-0.39, 0.29) is 0 Å². The Bertz CT molecular complexity index is 315. The summed E-state index contributed by atoms with van der Waals surface area (Å²) in [6.07, 6.45) is 0.885. The molecular weight excluding hydrogens is 206 g/mol. The molecule has 0 radical (unpaired) electrons. The van der Waals surface area contributed by atoms with Crippen LogP contribution in [0, 0.1) is 6.92 Å². The maximum atomic E-state index is 5.40. The standard InChI is InChI=1S/C9H19N7/c1-7-14-8(12-5-2-3-10)16-9(15-7)13-6-4-11/h2-6,10-11H2,1H3,(H2,12,13,14,15,16). The number of hydrogen-bond acceptors (Lipinski definition) is 7. The van der Waals surface area contributed by atoms with Crippen molar-refractivity contribution in [3.05, 3.63) is 5.82 Å². The van der Waals surface area contributed by atoms with E-state index in [4.69, 9.17) is 11.5 Å². The zero-order chi connectivity index (χ0) is 11.8. The first-order chi connectivity index (χ1) is 7.76. The molecule has 0 saturated carbocycles. The SMILES string of the molecule is Cc1nc(NCCN)nc(NCCCN)n1. The molecule has 7 heteroatoms. The predicted octanol–water partition coefficient (Wildman–Crippen LogP) is -0.689. The van der Waals surface area contributed by atoms with Gasteiger partial charge in [0.2, 0.25) is 11.9 Å². The lowest BCUT2D eigenvalue weighted by Gasteiger charge is -2.07. The Labute approximate surface area is 95.1 Å². The number of nitrogens with two attached hydrogens (primary N) is 2. The van der Waals surface area contributed by atoms with E-state index in [0.29, 0.717) is 37.4 Å². The van der Waals surface area contributed by atoms with Gasteiger partial charge in [-0.25, -0.2) is 0 Å². The number of nitrogens with zero attached hydrogens (tertiary/aromatic N) is 3. The van der Waals surface area contributed by atoms with Gasteiger partial charge >= 0.3 is 0 Å². The summed E-state index contributed by atoms with van der Waals surface area (Å²) in [6.45, 7) is 4.42. The third kappa shape index (κ3) is 4.37. The molecule has 0 saturated heterocycles. The highest BCUT2D eigenvalue weighted by atomic mass is 15.2. The molecule has 0 aromatic carbocycles. The van der Waals surface area contributed by atoms with Crippen molar-refractivity contribution in [2.45, 2.75) is 13.3 Å². The van der Waals surface area contributed by atoms with Crippen LogP contribution in [0.5, 0.6) is 0 Å². The molecule has 90 valence electrons. The molecule has 0 atom stereocenters. The summed E-state index contributed by atoms with van der Waals surface area (Å²) in [6, 6.07) is 0. The van der Waals surface area contributed by atoms with Crippen molar-refractivity contribution in [2.75, 3.05) is 36.8 Å². The third-order valence-electron chi connectivity index (χ3n) is 1.84. The van der Waals surface area contributed by atoms with Crippen LogP contribution >= 0.6 is 0 Å². The first-order valence-corrected chi connectivity index (χ1v) is 5.37. The highest BCUT2D eigenvalue weighted by molar-refractivity contribution is 5.34. The highest BCUT2D eigenvalue weighted by Crippen LogP contribution is 2.04. The van der Waals surface area contributed by atoms with Gasteiger partial charge in [0.25, 0.3) is 0 Å². The van der Waals surface area contributed by atoms with Gasteiger partial charge in [0.15, 0.2) is 0 Å². The molecule has 0 unspecified atom stereocenters. The van der Waals surface area contributed by atoms with Gasteiger partial charge in [-0.2, -0.15) is 15.0 Å². The van der Waals surface area contributed by atoms with E-state index in [0.717, 1.165) is 13.0 Å². The number of aromatic nitrogens is 3. The molecule has 0 amide bonds. The third-order valence-corrected chi connectivity index (χ3v) is 1.84. The van der Waals surface area contributed by atoms with Gasteiger partial charge in [-0.3, -0.25) is 0 Å². The Hall–Kier alpha value is -1.47. The van der Waals surface area contributed by atoms with Crippen LogP contribution in [0.25, 0.3) is 0 Å². The van der Waals surface area contributed by atoms with Crippen LogP contribution in [0.3, 0.4) is 0 Å². The van der Waals surface area contributed by atoms with Crippen LogP contribution < -0.4 is 22.1 Å². The van der Waals surface area contributed by atoms with E-state index >= 15 is 0 Å². The summed E-state index contributed by atoms with van der Waals surface area (Å²) in [5.41, 5.74) is 10.8. The minimum absolute atomic E-state index is 0.542. The second kappa shape index (κ2) is 6.91. The Morgan fingerprint density at radius 3 is 2.12 bits per heavy atom. The van der Waals surface area contributed by atoms with Crippen LogP contribution in [0.4, 0.5) is 11.9 Å². The molecule has 0 bridgehead atoms. The molecule has 1 heterocycles. The summed E-state index contributed by atoms with van der Waals surface area (Å²) in [5.74, 6) is 1.79. The van der Waals surface area contributed by atoms with E-state index in [1.165, 1.54) is 0 Å². The molecule has 0 aliphatic carbocycles. The molecule has 1 aromatic heterocycles. The van der Waals surface area contributed by atoms with E-state index < -0.39 is 0 Å². The maximum Gasteiger partial charge on any atom is 0.227 e. The number of aryl methyl sites for hydroxylation is 1. The summed E-state index contributed by atoms with van der Waals surface area (Å²) >= 11 is 0. The minimum atomic E-state index is 0.542. The average Bonchev–Trinajstić information content (AvgIpc) is 2.26. The molecule has 1 rings (SSSR count). The molecule has 7 nitrogen and oxygen atoms in total. The first kappa shape index (κ1) is 12.6. The molecule has 0 aliphatic heterocycles. The second-order valence-corrected chi connectivity index (χ2v) is 3.31. The fourth-order valence-electron chi connectivity index (χ4n) is 1.13. The number of hydrogen-bond donors (Lipinski definition) is 4. The Morgan fingerprint density at radius 2 is 1.56 bits per heavy atom. The van der Waals surface area contributed by atoms with Crippen LogP contribution in [-0.4, -0.2) is 41.1 Å². The highest BCUT2D eigenvalue weighted by Gasteiger charge is 2.02. The summed E-state index contributed by atoms with van der Waals surface area (Å²) in [4.78, 5) is 12.5. The topological polar surface area (TPSA) is 115 Å². The summed E-state index contributed by atoms with van der Waals surface area (Å²) < 4.78 is 0. The van der Waals surface area contributed by atoms with Gasteiger partial charge in [0.05, 0.1) is 0 Å². The van der Waals surface area contributed by atoms with Crippen molar-refractivity contribution in [1.29, 1.82) is 0 Å². The monoisotopic (exact) mass is 225 g/mol. The molecule has 0 fully saturated rings. The maximum absolute atomic E-state index is 5.40. The lowest BCUT2D eigenvalue weighted by Crippen LogP contribution is -2.17. The van der Waals surface area contributed by atoms with E-state index in [2.05, 4.69) is 25.6 Å². The molecule has 0 aliphatic rings. The van der Waals surface area contributed by atoms with Crippen molar-refractivity contribution in [3.8, 4) is 0 Å². The fourth-order valence-corrected chi connectivity index (χ4v) is 1.13. The molecular formula is C9H19N7. The number of anilines is 2. The normalized spacial score (nSPS) is 10.2. The fraction of sp³-hybridized carbons (Fsp3) is 0.667. The first-order valence-electron chi connectivity index (χ1n) is 5.37. The lowest BCUT2D eigenvalue weighted by molar-refractivity contribution is 0.854. The molecule has 0 spiro atoms. The zero-order valence-corrected chi connectivity index (χ0v) is 9.53. The van der Waals surface area contributed by atoms with E-state index in [1.54, 1.807) is 0 Å². The Balaban J connectivity index is 2.58. The predicted molar refractivity (Wildman–Crippen MR) is 64.3 cm³/mol. The zero-order valence-electron chi connectivity index (χ0n) is 9.53. The summed E-state index contributed by atoms with van der Waals surface area (Å²) in [5, 5.41) is 6.10. The number of rotatable bonds is 7. The van der Waals surface area contributed by atoms with Crippen LogP contribution in [0.2, 0.25) is 0 Å². The summed E-state index contributed by atoms with van der Waals surface area (Å²) in [7, 11) is 0. The van der Waals surface area contributed by atoms with Crippen molar-refractivity contribution in [1.82, 2.24) is 15.0 Å². The molecule has 6 N–H and O–H groups in total. The van der Waals surface area contributed by atoms with Crippen molar-refractivity contribution >= 4 is 11.9 Å². The Kier molecular flexibility index (Phi) is 5.44. The van der Waals surface area contributed by atoms with Gasteiger partial charge in [-0.1, -0.05) is 0 Å². The smallest absolute Gasteiger partial charge is 0.227 e. The van der Waals surface area contributed by atoms with Crippen LogP contribution in [-0.2, 0) is 0 Å². The van der Waals surface area contributed by atoms with Crippen molar-refractivity contribution in [3.63, 3.8) is 0 Å². The quantitative estimate of drug-likeness (QED) is 0.454. The van der Waals surface area contributed by atoms with Crippen LogP contribution in [0.1, 0.15) is 12.2 Å². The lowest BCUT2D eigenvalue weighted by atomic mass is 10.4. The van der Waals surface area contributed by atoms with Gasteiger partial charge < -0.3 is 22.1 Å². The van der Waals surface area contributed by atoms with Gasteiger partial charge in [-0.05, 0) is 19.9 Å². The Morgan fingerprint density at radius 1 is 0.938 bits per heavy atom. The molecule has 1 aromatic rings. The van der Waals surface area contributed by atoms with Crippen molar-refractivity contribution in [2.24, 2.45) is 11.5 Å². The van der Waals surface area contributed by atoms with E-state index in [9.17, 15) is 0 Å². The largest absolute Gasteiger partial charge is 0.354 e.